The fraction of sp³-hybridized carbons (Fsp3) is 0.867. The molecular weight excluding hydrogens is 254 g/mol. The van der Waals surface area contributed by atoms with Gasteiger partial charge in [0.15, 0.2) is 0 Å². The van der Waals surface area contributed by atoms with Crippen molar-refractivity contribution in [3.8, 4) is 0 Å². The highest BCUT2D eigenvalue weighted by atomic mass is 16.2. The number of hydrogen-bond acceptors (Lipinski definition) is 3. The molecule has 1 aliphatic heterocycles. The molecule has 1 aliphatic rings. The van der Waals surface area contributed by atoms with E-state index in [4.69, 9.17) is 0 Å². The predicted molar refractivity (Wildman–Crippen MR) is 80.4 cm³/mol. The standard InChI is InChI=1S/C15H29N3O2/c1-12(19)17-13-6-5-9-18(10-13)11-14(20)16-8-7-15(2,3)4/h13H,5-11H2,1-4H3,(H,16,20)(H,17,19). The van der Waals surface area contributed by atoms with Gasteiger partial charge in [0.25, 0.3) is 0 Å². The van der Waals surface area contributed by atoms with Gasteiger partial charge in [0.1, 0.15) is 0 Å². The molecule has 1 saturated heterocycles. The van der Waals surface area contributed by atoms with E-state index in [1.807, 2.05) is 0 Å². The molecule has 20 heavy (non-hydrogen) atoms. The minimum Gasteiger partial charge on any atom is -0.355 e. The van der Waals surface area contributed by atoms with E-state index in [1.165, 1.54) is 6.92 Å². The number of nitrogens with one attached hydrogen (secondary N) is 2. The fourth-order valence-corrected chi connectivity index (χ4v) is 2.44. The summed E-state index contributed by atoms with van der Waals surface area (Å²) in [4.78, 5) is 25.1. The molecule has 1 heterocycles. The SMILES string of the molecule is CC(=O)NC1CCCN(CC(=O)NCCC(C)(C)C)C1. The summed E-state index contributed by atoms with van der Waals surface area (Å²) in [5.41, 5.74) is 0.245. The Labute approximate surface area is 122 Å². The first-order chi connectivity index (χ1) is 9.26. The Bertz CT molecular complexity index is 337. The lowest BCUT2D eigenvalue weighted by molar-refractivity contribution is -0.122. The average Bonchev–Trinajstić information content (AvgIpc) is 2.26. The van der Waals surface area contributed by atoms with E-state index in [0.717, 1.165) is 38.9 Å². The number of piperidine rings is 1. The van der Waals surface area contributed by atoms with Crippen LogP contribution in [0.4, 0.5) is 0 Å². The van der Waals surface area contributed by atoms with E-state index >= 15 is 0 Å². The van der Waals surface area contributed by atoms with Gasteiger partial charge in [0.2, 0.25) is 11.8 Å². The lowest BCUT2D eigenvalue weighted by Crippen LogP contribution is -2.49. The molecule has 1 rings (SSSR count). The monoisotopic (exact) mass is 283 g/mol. The number of rotatable bonds is 5. The average molecular weight is 283 g/mol. The Balaban J connectivity index is 2.25. The summed E-state index contributed by atoms with van der Waals surface area (Å²) in [6, 6.07) is 0.184. The molecule has 0 spiro atoms. The minimum absolute atomic E-state index is 0.00600. The molecule has 0 bridgehead atoms. The second-order valence-electron chi connectivity index (χ2n) is 6.94. The Morgan fingerprint density at radius 1 is 1.30 bits per heavy atom. The predicted octanol–water partition coefficient (Wildman–Crippen LogP) is 1.14. The van der Waals surface area contributed by atoms with Crippen LogP contribution in [-0.4, -0.2) is 48.9 Å². The molecule has 1 unspecified atom stereocenters. The van der Waals surface area contributed by atoms with Gasteiger partial charge in [-0.3, -0.25) is 14.5 Å². The van der Waals surface area contributed by atoms with Crippen LogP contribution in [0, 0.1) is 5.41 Å². The number of nitrogens with zero attached hydrogens (tertiary/aromatic N) is 1. The number of carbonyl (C=O) groups is 2. The Morgan fingerprint density at radius 3 is 2.60 bits per heavy atom. The first kappa shape index (κ1) is 17.0. The molecule has 0 aromatic rings. The smallest absolute Gasteiger partial charge is 0.234 e. The summed E-state index contributed by atoms with van der Waals surface area (Å²) in [6.07, 6.45) is 3.01. The van der Waals surface area contributed by atoms with Gasteiger partial charge in [0.05, 0.1) is 6.54 Å². The molecule has 116 valence electrons. The minimum atomic E-state index is 0.00600. The third-order valence-electron chi connectivity index (χ3n) is 3.48. The van der Waals surface area contributed by atoms with Crippen LogP contribution < -0.4 is 10.6 Å². The second kappa shape index (κ2) is 7.62. The van der Waals surface area contributed by atoms with Gasteiger partial charge >= 0.3 is 0 Å². The molecule has 5 heteroatoms. The largest absolute Gasteiger partial charge is 0.355 e. The van der Waals surface area contributed by atoms with E-state index in [0.29, 0.717) is 6.54 Å². The normalized spacial score (nSPS) is 20.5. The number of hydrogen-bond donors (Lipinski definition) is 2. The van der Waals surface area contributed by atoms with E-state index in [2.05, 4.69) is 36.3 Å². The van der Waals surface area contributed by atoms with Gasteiger partial charge in [-0.15, -0.1) is 0 Å². The summed E-state index contributed by atoms with van der Waals surface area (Å²) >= 11 is 0. The van der Waals surface area contributed by atoms with Gasteiger partial charge < -0.3 is 10.6 Å². The molecule has 5 nitrogen and oxygen atoms in total. The van der Waals surface area contributed by atoms with Crippen LogP contribution in [0.15, 0.2) is 0 Å². The van der Waals surface area contributed by atoms with Crippen LogP contribution in [0.25, 0.3) is 0 Å². The van der Waals surface area contributed by atoms with Crippen LogP contribution in [0.3, 0.4) is 0 Å². The topological polar surface area (TPSA) is 61.4 Å². The van der Waals surface area contributed by atoms with Gasteiger partial charge in [-0.25, -0.2) is 0 Å². The summed E-state index contributed by atoms with van der Waals surface area (Å²) in [5.74, 6) is 0.0872. The van der Waals surface area contributed by atoms with Crippen molar-refractivity contribution in [3.63, 3.8) is 0 Å². The highest BCUT2D eigenvalue weighted by Crippen LogP contribution is 2.16. The van der Waals surface area contributed by atoms with E-state index in [9.17, 15) is 9.59 Å². The summed E-state index contributed by atoms with van der Waals surface area (Å²) < 4.78 is 0. The Hall–Kier alpha value is -1.10. The van der Waals surface area contributed by atoms with Crippen molar-refractivity contribution >= 4 is 11.8 Å². The van der Waals surface area contributed by atoms with Gasteiger partial charge in [-0.2, -0.15) is 0 Å². The Kier molecular flexibility index (Phi) is 6.46. The first-order valence-corrected chi connectivity index (χ1v) is 7.52. The summed E-state index contributed by atoms with van der Waals surface area (Å²) in [6.45, 7) is 10.9. The van der Waals surface area contributed by atoms with Crippen LogP contribution >= 0.6 is 0 Å². The molecule has 2 N–H and O–H groups in total. The second-order valence-corrected chi connectivity index (χ2v) is 6.94. The molecule has 0 radical (unpaired) electrons. The molecule has 0 aromatic carbocycles. The molecule has 0 saturated carbocycles. The lowest BCUT2D eigenvalue weighted by atomic mass is 9.92. The van der Waals surface area contributed by atoms with E-state index in [1.54, 1.807) is 0 Å². The van der Waals surface area contributed by atoms with Crippen molar-refractivity contribution in [2.45, 2.75) is 53.0 Å². The van der Waals surface area contributed by atoms with E-state index in [-0.39, 0.29) is 23.3 Å². The van der Waals surface area contributed by atoms with Crippen molar-refractivity contribution in [1.29, 1.82) is 0 Å². The molecule has 0 aliphatic carbocycles. The molecule has 2 amide bonds. The van der Waals surface area contributed by atoms with Crippen LogP contribution in [0.2, 0.25) is 0 Å². The van der Waals surface area contributed by atoms with Crippen molar-refractivity contribution in [3.05, 3.63) is 0 Å². The zero-order valence-electron chi connectivity index (χ0n) is 13.3. The molecule has 1 atom stereocenters. The molecule has 1 fully saturated rings. The van der Waals surface area contributed by atoms with E-state index < -0.39 is 0 Å². The number of likely N-dealkylation sites (tertiary alicyclic amines) is 1. The third kappa shape index (κ3) is 7.48. The maximum atomic E-state index is 11.9. The zero-order chi connectivity index (χ0) is 15.2. The van der Waals surface area contributed by atoms with Crippen LogP contribution in [-0.2, 0) is 9.59 Å². The number of amides is 2. The van der Waals surface area contributed by atoms with Crippen molar-refractivity contribution in [1.82, 2.24) is 15.5 Å². The van der Waals surface area contributed by atoms with Crippen molar-refractivity contribution in [2.24, 2.45) is 5.41 Å². The lowest BCUT2D eigenvalue weighted by Gasteiger charge is -2.32. The van der Waals surface area contributed by atoms with Crippen LogP contribution in [0.1, 0.15) is 47.0 Å². The van der Waals surface area contributed by atoms with Gasteiger partial charge in [-0.05, 0) is 31.2 Å². The molecule has 0 aromatic heterocycles. The summed E-state index contributed by atoms with van der Waals surface area (Å²) in [5, 5.41) is 5.91. The first-order valence-electron chi connectivity index (χ1n) is 7.52. The van der Waals surface area contributed by atoms with Crippen molar-refractivity contribution in [2.75, 3.05) is 26.2 Å². The molecular formula is C15H29N3O2. The maximum Gasteiger partial charge on any atom is 0.234 e. The highest BCUT2D eigenvalue weighted by molar-refractivity contribution is 5.78. The van der Waals surface area contributed by atoms with Crippen LogP contribution in [0.5, 0.6) is 0 Å². The fourth-order valence-electron chi connectivity index (χ4n) is 2.44. The quantitative estimate of drug-likeness (QED) is 0.795. The van der Waals surface area contributed by atoms with Gasteiger partial charge in [0, 0.05) is 26.1 Å². The number of carbonyl (C=O) groups excluding carboxylic acids is 2. The zero-order valence-corrected chi connectivity index (χ0v) is 13.3. The summed E-state index contributed by atoms with van der Waals surface area (Å²) in [7, 11) is 0. The Morgan fingerprint density at radius 2 is 2.00 bits per heavy atom. The van der Waals surface area contributed by atoms with Gasteiger partial charge in [-0.1, -0.05) is 20.8 Å². The third-order valence-corrected chi connectivity index (χ3v) is 3.48. The van der Waals surface area contributed by atoms with Crippen molar-refractivity contribution < 1.29 is 9.59 Å². The maximum absolute atomic E-state index is 11.9. The highest BCUT2D eigenvalue weighted by Gasteiger charge is 2.22.